The van der Waals surface area contributed by atoms with Gasteiger partial charge in [0.05, 0.1) is 23.8 Å². The van der Waals surface area contributed by atoms with Crippen LogP contribution in [0.3, 0.4) is 0 Å². The summed E-state index contributed by atoms with van der Waals surface area (Å²) in [5.41, 5.74) is 0. The Bertz CT molecular complexity index is 979. The van der Waals surface area contributed by atoms with Gasteiger partial charge in [-0.2, -0.15) is 0 Å². The van der Waals surface area contributed by atoms with Gasteiger partial charge in [0, 0.05) is 12.5 Å². The van der Waals surface area contributed by atoms with Crippen LogP contribution < -0.4 is 9.47 Å². The predicted molar refractivity (Wildman–Crippen MR) is 100.0 cm³/mol. The molecular weight excluding hydrogens is 453 g/mol. The van der Waals surface area contributed by atoms with Crippen molar-refractivity contribution >= 4 is 21.9 Å². The number of carboxylic acids is 1. The van der Waals surface area contributed by atoms with E-state index in [2.05, 4.69) is 36.6 Å². The molecule has 1 unspecified atom stereocenters. The molecule has 0 saturated carbocycles. The van der Waals surface area contributed by atoms with Gasteiger partial charge in [-0.1, -0.05) is 6.92 Å². The van der Waals surface area contributed by atoms with Crippen LogP contribution in [0, 0.1) is 5.82 Å². The molecule has 0 aliphatic carbocycles. The summed E-state index contributed by atoms with van der Waals surface area (Å²) in [5.74, 6) is -0.507. The minimum Gasteiger partial charge on any atom is -0.492 e. The first kappa shape index (κ1) is 20.7. The van der Waals surface area contributed by atoms with Crippen molar-refractivity contribution in [3.05, 3.63) is 34.6 Å². The topological polar surface area (TPSA) is 125 Å². The van der Waals surface area contributed by atoms with Crippen molar-refractivity contribution in [2.45, 2.75) is 25.8 Å². The second-order valence-electron chi connectivity index (χ2n) is 5.86. The highest BCUT2D eigenvalue weighted by Crippen LogP contribution is 2.26. The van der Waals surface area contributed by atoms with Crippen molar-refractivity contribution < 1.29 is 28.3 Å². The average molecular weight is 470 g/mol. The molecule has 0 radical (unpaired) electrons. The number of carboxylic acid groups (broad SMARTS) is 1. The number of tetrazole rings is 1. The number of hydrogen-bond donors (Lipinski definition) is 1. The molecule has 0 amide bonds. The molecule has 0 fully saturated rings. The standard InChI is InChI=1S/C17H17BrFN5O5/c1-2-12(17(25)26)24-16(20-22-23-24)14-9-15(21-29-14)28-7-3-6-27-13-8-10(19)4-5-11(13)18/h4-5,8-9,12H,2-3,6-7H2,1H3,(H,25,26). The minimum atomic E-state index is -1.05. The van der Waals surface area contributed by atoms with Gasteiger partial charge in [-0.25, -0.2) is 13.9 Å². The average Bonchev–Trinajstić information content (AvgIpc) is 3.34. The van der Waals surface area contributed by atoms with Crippen LogP contribution in [0.15, 0.2) is 33.3 Å². The number of aromatic nitrogens is 5. The third-order valence-electron chi connectivity index (χ3n) is 3.86. The molecule has 3 aromatic rings. The lowest BCUT2D eigenvalue weighted by Crippen LogP contribution is -2.20. The lowest BCUT2D eigenvalue weighted by Gasteiger charge is -2.09. The van der Waals surface area contributed by atoms with E-state index in [-0.39, 0.29) is 29.9 Å². The molecule has 0 aliphatic heterocycles. The van der Waals surface area contributed by atoms with Crippen LogP contribution in [0.25, 0.3) is 11.6 Å². The zero-order chi connectivity index (χ0) is 20.8. The Morgan fingerprint density at radius 2 is 2.14 bits per heavy atom. The van der Waals surface area contributed by atoms with Crippen LogP contribution in [-0.2, 0) is 4.79 Å². The van der Waals surface area contributed by atoms with E-state index in [4.69, 9.17) is 14.0 Å². The first-order valence-corrected chi connectivity index (χ1v) is 9.47. The van der Waals surface area contributed by atoms with Crippen molar-refractivity contribution in [2.24, 2.45) is 0 Å². The van der Waals surface area contributed by atoms with E-state index in [1.165, 1.54) is 18.2 Å². The summed E-state index contributed by atoms with van der Waals surface area (Å²) >= 11 is 3.29. The lowest BCUT2D eigenvalue weighted by atomic mass is 10.2. The summed E-state index contributed by atoms with van der Waals surface area (Å²) in [7, 11) is 0. The number of benzene rings is 1. The van der Waals surface area contributed by atoms with Gasteiger partial charge in [-0.05, 0) is 50.1 Å². The van der Waals surface area contributed by atoms with Crippen LogP contribution in [0.1, 0.15) is 25.8 Å². The van der Waals surface area contributed by atoms with Gasteiger partial charge in [-0.15, -0.1) is 5.10 Å². The van der Waals surface area contributed by atoms with Gasteiger partial charge in [0.15, 0.2) is 6.04 Å². The number of carbonyl (C=O) groups is 1. The molecule has 10 nitrogen and oxygen atoms in total. The fraction of sp³-hybridized carbons (Fsp3) is 0.353. The maximum atomic E-state index is 13.2. The zero-order valence-corrected chi connectivity index (χ0v) is 16.9. The molecule has 154 valence electrons. The lowest BCUT2D eigenvalue weighted by molar-refractivity contribution is -0.141. The third-order valence-corrected chi connectivity index (χ3v) is 4.51. The van der Waals surface area contributed by atoms with Gasteiger partial charge < -0.3 is 19.1 Å². The normalized spacial score (nSPS) is 12.0. The molecule has 12 heteroatoms. The molecule has 0 spiro atoms. The number of aliphatic carboxylic acids is 1. The van der Waals surface area contributed by atoms with E-state index in [9.17, 15) is 14.3 Å². The first-order valence-electron chi connectivity index (χ1n) is 8.68. The Morgan fingerprint density at radius 3 is 2.90 bits per heavy atom. The fourth-order valence-corrected chi connectivity index (χ4v) is 2.82. The second-order valence-corrected chi connectivity index (χ2v) is 6.72. The summed E-state index contributed by atoms with van der Waals surface area (Å²) in [4.78, 5) is 11.3. The Kier molecular flexibility index (Phi) is 6.75. The quantitative estimate of drug-likeness (QED) is 0.445. The van der Waals surface area contributed by atoms with E-state index in [0.717, 1.165) is 4.68 Å². The summed E-state index contributed by atoms with van der Waals surface area (Å²) in [5, 5.41) is 24.1. The molecule has 0 saturated heterocycles. The van der Waals surface area contributed by atoms with E-state index in [0.29, 0.717) is 29.7 Å². The fourth-order valence-electron chi connectivity index (χ4n) is 2.46. The SMILES string of the molecule is CCC(C(=O)O)n1nnnc1-c1cc(OCCCOc2cc(F)ccc2Br)no1. The molecule has 2 aromatic heterocycles. The highest BCUT2D eigenvalue weighted by atomic mass is 79.9. The van der Waals surface area contributed by atoms with Gasteiger partial charge in [0.2, 0.25) is 11.6 Å². The largest absolute Gasteiger partial charge is 0.492 e. The highest BCUT2D eigenvalue weighted by molar-refractivity contribution is 9.10. The molecular formula is C17H17BrFN5O5. The molecule has 1 N–H and O–H groups in total. The Morgan fingerprint density at radius 1 is 1.34 bits per heavy atom. The summed E-state index contributed by atoms with van der Waals surface area (Å²) in [6.45, 7) is 2.29. The van der Waals surface area contributed by atoms with Crippen LogP contribution in [0.5, 0.6) is 11.6 Å². The molecule has 0 bridgehead atoms. The van der Waals surface area contributed by atoms with E-state index in [1.54, 1.807) is 13.0 Å². The van der Waals surface area contributed by atoms with Gasteiger partial charge >= 0.3 is 5.97 Å². The summed E-state index contributed by atoms with van der Waals surface area (Å²) in [6, 6.07) is 4.74. The summed E-state index contributed by atoms with van der Waals surface area (Å²) in [6.07, 6.45) is 0.812. The first-order chi connectivity index (χ1) is 14.0. The number of ether oxygens (including phenoxy) is 2. The third kappa shape index (κ3) is 5.08. The molecule has 29 heavy (non-hydrogen) atoms. The van der Waals surface area contributed by atoms with Gasteiger partial charge in [0.25, 0.3) is 5.88 Å². The summed E-state index contributed by atoms with van der Waals surface area (Å²) < 4.78 is 31.2. The highest BCUT2D eigenvalue weighted by Gasteiger charge is 2.25. The molecule has 3 rings (SSSR count). The van der Waals surface area contributed by atoms with Crippen molar-refractivity contribution in [1.29, 1.82) is 0 Å². The number of rotatable bonds is 10. The van der Waals surface area contributed by atoms with Crippen molar-refractivity contribution in [1.82, 2.24) is 25.4 Å². The molecule has 1 aromatic carbocycles. The van der Waals surface area contributed by atoms with Crippen LogP contribution >= 0.6 is 15.9 Å². The Balaban J connectivity index is 1.53. The van der Waals surface area contributed by atoms with E-state index in [1.807, 2.05) is 0 Å². The van der Waals surface area contributed by atoms with Crippen molar-refractivity contribution in [2.75, 3.05) is 13.2 Å². The van der Waals surface area contributed by atoms with Crippen molar-refractivity contribution in [3.63, 3.8) is 0 Å². The van der Waals surface area contributed by atoms with Crippen LogP contribution in [0.2, 0.25) is 0 Å². The number of halogens is 2. The minimum absolute atomic E-state index is 0.140. The van der Waals surface area contributed by atoms with Crippen molar-refractivity contribution in [3.8, 4) is 23.2 Å². The van der Waals surface area contributed by atoms with Crippen LogP contribution in [-0.4, -0.2) is 49.7 Å². The second kappa shape index (κ2) is 9.45. The van der Waals surface area contributed by atoms with E-state index >= 15 is 0 Å². The number of hydrogen-bond acceptors (Lipinski definition) is 8. The monoisotopic (exact) mass is 469 g/mol. The van der Waals surface area contributed by atoms with E-state index < -0.39 is 12.0 Å². The predicted octanol–water partition coefficient (Wildman–Crippen LogP) is 3.11. The molecule has 2 heterocycles. The Hall–Kier alpha value is -3.02. The zero-order valence-electron chi connectivity index (χ0n) is 15.3. The Labute approximate surface area is 172 Å². The van der Waals surface area contributed by atoms with Gasteiger partial charge in [-0.3, -0.25) is 0 Å². The van der Waals surface area contributed by atoms with Crippen LogP contribution in [0.4, 0.5) is 4.39 Å². The molecule has 1 atom stereocenters. The maximum Gasteiger partial charge on any atom is 0.328 e. The number of nitrogens with zero attached hydrogens (tertiary/aromatic N) is 5. The smallest absolute Gasteiger partial charge is 0.328 e. The molecule has 0 aliphatic rings. The van der Waals surface area contributed by atoms with Gasteiger partial charge in [0.1, 0.15) is 11.6 Å². The maximum absolute atomic E-state index is 13.2.